The molecule has 2 aromatic carbocycles. The van der Waals surface area contributed by atoms with Crippen molar-refractivity contribution >= 4 is 27.5 Å². The largest absolute Gasteiger partial charge is 0.349 e. The van der Waals surface area contributed by atoms with Gasteiger partial charge in [0.2, 0.25) is 21.8 Å². The van der Waals surface area contributed by atoms with Gasteiger partial charge in [0.05, 0.1) is 22.3 Å². The molecule has 1 aliphatic carbocycles. The lowest BCUT2D eigenvalue weighted by molar-refractivity contribution is -0.127. The first-order valence-electron chi connectivity index (χ1n) is 12.4. The summed E-state index contributed by atoms with van der Waals surface area (Å²) in [5.41, 5.74) is 3.13. The van der Waals surface area contributed by atoms with Crippen LogP contribution in [0.4, 0.5) is 5.69 Å². The maximum absolute atomic E-state index is 13.6. The third-order valence-corrected chi connectivity index (χ3v) is 9.78. The maximum atomic E-state index is 13.6. The Hall–Kier alpha value is -2.71. The van der Waals surface area contributed by atoms with Crippen molar-refractivity contribution in [1.82, 2.24) is 9.62 Å². The van der Waals surface area contributed by atoms with Gasteiger partial charge in [0.25, 0.3) is 0 Å². The number of amides is 2. The van der Waals surface area contributed by atoms with Crippen molar-refractivity contribution in [2.45, 2.75) is 62.3 Å². The second-order valence-corrected chi connectivity index (χ2v) is 12.5. The molecular weight excluding hydrogens is 462 g/mol. The van der Waals surface area contributed by atoms with E-state index in [1.807, 2.05) is 26.0 Å². The van der Waals surface area contributed by atoms with Gasteiger partial charge in [0.15, 0.2) is 0 Å². The molecule has 1 saturated heterocycles. The normalized spacial score (nSPS) is 24.1. The molecule has 0 saturated carbocycles. The predicted octanol–water partition coefficient (Wildman–Crippen LogP) is 3.54. The van der Waals surface area contributed by atoms with Crippen LogP contribution in [0.15, 0.2) is 47.4 Å². The van der Waals surface area contributed by atoms with Crippen molar-refractivity contribution in [1.29, 1.82) is 0 Å². The van der Waals surface area contributed by atoms with Crippen molar-refractivity contribution in [2.24, 2.45) is 5.92 Å². The Bertz CT molecular complexity index is 1290. The van der Waals surface area contributed by atoms with E-state index in [2.05, 4.69) is 17.4 Å². The zero-order valence-corrected chi connectivity index (χ0v) is 21.4. The number of likely N-dealkylation sites (N-methyl/N-ethyl adjacent to an activating group) is 1. The number of benzene rings is 2. The summed E-state index contributed by atoms with van der Waals surface area (Å²) < 4.78 is 28.6. The fourth-order valence-corrected chi connectivity index (χ4v) is 7.38. The number of nitrogens with one attached hydrogen (secondary N) is 1. The van der Waals surface area contributed by atoms with E-state index in [1.54, 1.807) is 30.1 Å². The third-order valence-electron chi connectivity index (χ3n) is 7.92. The first-order valence-corrected chi connectivity index (χ1v) is 13.9. The average molecular weight is 496 g/mol. The molecule has 8 heteroatoms. The second-order valence-electron chi connectivity index (χ2n) is 10.5. The topological polar surface area (TPSA) is 86.8 Å². The Labute approximate surface area is 207 Å². The molecule has 0 bridgehead atoms. The maximum Gasteiger partial charge on any atom is 0.243 e. The Morgan fingerprint density at radius 2 is 1.86 bits per heavy atom. The molecule has 7 nitrogen and oxygen atoms in total. The van der Waals surface area contributed by atoms with Crippen LogP contribution in [-0.4, -0.2) is 44.7 Å². The lowest BCUT2D eigenvalue weighted by Crippen LogP contribution is -2.46. The van der Waals surface area contributed by atoms with Gasteiger partial charge in [0.1, 0.15) is 0 Å². The summed E-state index contributed by atoms with van der Waals surface area (Å²) in [6.45, 7) is 4.19. The number of sulfonamides is 1. The molecule has 0 aromatic heterocycles. The summed E-state index contributed by atoms with van der Waals surface area (Å²) in [7, 11) is -2.08. The van der Waals surface area contributed by atoms with E-state index in [-0.39, 0.29) is 35.2 Å². The molecule has 2 atom stereocenters. The lowest BCUT2D eigenvalue weighted by Gasteiger charge is -2.33. The van der Waals surface area contributed by atoms with Gasteiger partial charge in [-0.1, -0.05) is 24.3 Å². The van der Waals surface area contributed by atoms with Crippen LogP contribution >= 0.6 is 0 Å². The molecule has 2 heterocycles. The van der Waals surface area contributed by atoms with Gasteiger partial charge in [-0.3, -0.25) is 9.59 Å². The molecule has 3 aliphatic rings. The highest BCUT2D eigenvalue weighted by molar-refractivity contribution is 7.89. The van der Waals surface area contributed by atoms with Crippen LogP contribution in [0.1, 0.15) is 62.3 Å². The summed E-state index contributed by atoms with van der Waals surface area (Å²) >= 11 is 0. The molecule has 5 rings (SSSR count). The molecule has 0 spiro atoms. The number of hydrogen-bond donors (Lipinski definition) is 1. The molecule has 2 amide bonds. The highest BCUT2D eigenvalue weighted by Crippen LogP contribution is 2.42. The van der Waals surface area contributed by atoms with E-state index in [4.69, 9.17) is 0 Å². The number of hydrogen-bond acceptors (Lipinski definition) is 4. The predicted molar refractivity (Wildman–Crippen MR) is 135 cm³/mol. The van der Waals surface area contributed by atoms with Gasteiger partial charge in [-0.05, 0) is 80.8 Å². The average Bonchev–Trinajstić information content (AvgIpc) is 3.04. The van der Waals surface area contributed by atoms with Crippen LogP contribution in [0.3, 0.4) is 0 Å². The summed E-state index contributed by atoms with van der Waals surface area (Å²) in [4.78, 5) is 27.6. The zero-order valence-electron chi connectivity index (χ0n) is 20.6. The number of nitrogens with zero attached hydrogens (tertiary/aromatic N) is 2. The third kappa shape index (κ3) is 4.06. The van der Waals surface area contributed by atoms with Crippen molar-refractivity contribution < 1.29 is 18.0 Å². The van der Waals surface area contributed by atoms with Crippen molar-refractivity contribution in [2.75, 3.05) is 25.0 Å². The van der Waals surface area contributed by atoms with Crippen molar-refractivity contribution in [3.8, 4) is 0 Å². The SMILES string of the molecule is CN1C(=O)C(C)(C)c2cc(S(=O)(=O)N3CCC[C@H](C(=O)N[C@@H]4CCCc5ccccc54)C3)ccc21. The van der Waals surface area contributed by atoms with Crippen LogP contribution in [0.25, 0.3) is 0 Å². The molecule has 186 valence electrons. The first kappa shape index (κ1) is 24.0. The molecule has 1 fully saturated rings. The van der Waals surface area contributed by atoms with E-state index in [0.29, 0.717) is 24.9 Å². The summed E-state index contributed by atoms with van der Waals surface area (Å²) in [5.74, 6) is -0.513. The smallest absolute Gasteiger partial charge is 0.243 e. The number of rotatable bonds is 4. The number of fused-ring (bicyclic) bond motifs is 2. The summed E-state index contributed by atoms with van der Waals surface area (Å²) in [6.07, 6.45) is 4.25. The van der Waals surface area contributed by atoms with Gasteiger partial charge in [-0.15, -0.1) is 0 Å². The molecule has 2 aliphatic heterocycles. The summed E-state index contributed by atoms with van der Waals surface area (Å²) in [6, 6.07) is 13.1. The Balaban J connectivity index is 1.34. The van der Waals surface area contributed by atoms with Gasteiger partial charge in [-0.2, -0.15) is 4.31 Å². The van der Waals surface area contributed by atoms with Gasteiger partial charge < -0.3 is 10.2 Å². The molecule has 0 radical (unpaired) electrons. The number of carbonyl (C=O) groups excluding carboxylic acids is 2. The van der Waals surface area contributed by atoms with Gasteiger partial charge >= 0.3 is 0 Å². The van der Waals surface area contributed by atoms with Crippen LogP contribution in [0, 0.1) is 5.92 Å². The zero-order chi connectivity index (χ0) is 25.0. The minimum Gasteiger partial charge on any atom is -0.349 e. The number of aryl methyl sites for hydroxylation is 1. The van der Waals surface area contributed by atoms with Crippen LogP contribution < -0.4 is 10.2 Å². The summed E-state index contributed by atoms with van der Waals surface area (Å²) in [5, 5.41) is 3.21. The monoisotopic (exact) mass is 495 g/mol. The van der Waals surface area contributed by atoms with E-state index in [1.165, 1.54) is 15.4 Å². The van der Waals surface area contributed by atoms with E-state index in [9.17, 15) is 18.0 Å². The minimum absolute atomic E-state index is 0.0205. The van der Waals surface area contributed by atoms with Gasteiger partial charge in [-0.25, -0.2) is 8.42 Å². The Morgan fingerprint density at radius 3 is 2.66 bits per heavy atom. The molecule has 35 heavy (non-hydrogen) atoms. The fourth-order valence-electron chi connectivity index (χ4n) is 5.83. The highest BCUT2D eigenvalue weighted by Gasteiger charge is 2.43. The van der Waals surface area contributed by atoms with E-state index in [0.717, 1.165) is 24.9 Å². The quantitative estimate of drug-likeness (QED) is 0.703. The Morgan fingerprint density at radius 1 is 1.09 bits per heavy atom. The lowest BCUT2D eigenvalue weighted by atomic mass is 9.86. The fraction of sp³-hybridized carbons (Fsp3) is 0.481. The standard InChI is InChI=1S/C27H33N3O4S/c1-27(2)22-16-20(13-14-24(22)29(3)26(27)32)35(33,34)30-15-7-10-19(17-30)25(31)28-23-12-6-9-18-8-4-5-11-21(18)23/h4-5,8,11,13-14,16,19,23H,6-7,9-10,12,15,17H2,1-3H3,(H,28,31)/t19-,23+/m0/s1. The number of carbonyl (C=O) groups is 2. The van der Waals surface area contributed by atoms with Gasteiger partial charge in [0, 0.05) is 25.8 Å². The molecule has 1 N–H and O–H groups in total. The van der Waals surface area contributed by atoms with Crippen LogP contribution in [0.2, 0.25) is 0 Å². The Kier molecular flexibility index (Phi) is 6.00. The minimum atomic E-state index is -3.79. The van der Waals surface area contributed by atoms with Crippen molar-refractivity contribution in [3.63, 3.8) is 0 Å². The second kappa shape index (κ2) is 8.75. The molecule has 2 aromatic rings. The highest BCUT2D eigenvalue weighted by atomic mass is 32.2. The van der Waals surface area contributed by atoms with E-state index >= 15 is 0 Å². The molecule has 0 unspecified atom stereocenters. The molecular formula is C27H33N3O4S. The number of anilines is 1. The van der Waals surface area contributed by atoms with E-state index < -0.39 is 15.4 Å². The van der Waals surface area contributed by atoms with Crippen LogP contribution in [-0.2, 0) is 31.4 Å². The van der Waals surface area contributed by atoms with Crippen molar-refractivity contribution in [3.05, 3.63) is 59.2 Å². The first-order chi connectivity index (χ1) is 16.6. The van der Waals surface area contributed by atoms with Crippen LogP contribution in [0.5, 0.6) is 0 Å². The number of piperidine rings is 1.